The van der Waals surface area contributed by atoms with Crippen LogP contribution in [0.1, 0.15) is 78.6 Å². The van der Waals surface area contributed by atoms with Gasteiger partial charge in [0.05, 0.1) is 18.6 Å². The number of nitrogens with two attached hydrogens (primary N) is 1. The van der Waals surface area contributed by atoms with E-state index in [2.05, 4.69) is 26.8 Å². The fourth-order valence-electron chi connectivity index (χ4n) is 5.24. The Hall–Kier alpha value is -0.950. The van der Waals surface area contributed by atoms with Crippen LogP contribution in [0, 0.1) is 5.92 Å². The summed E-state index contributed by atoms with van der Waals surface area (Å²) in [5.74, 6) is -0.0383. The van der Waals surface area contributed by atoms with Gasteiger partial charge in [-0.2, -0.15) is 0 Å². The van der Waals surface area contributed by atoms with E-state index in [-0.39, 0.29) is 41.4 Å². The van der Waals surface area contributed by atoms with Gasteiger partial charge in [0.2, 0.25) is 0 Å². The first-order valence-electron chi connectivity index (χ1n) is 11.7. The summed E-state index contributed by atoms with van der Waals surface area (Å²) in [6, 6.07) is 0. The molecule has 2 heterocycles. The van der Waals surface area contributed by atoms with E-state index in [0.29, 0.717) is 6.42 Å². The molecule has 1 aliphatic carbocycles. The highest BCUT2D eigenvalue weighted by Crippen LogP contribution is 2.59. The van der Waals surface area contributed by atoms with Gasteiger partial charge < -0.3 is 24.7 Å². The molecule has 6 nitrogen and oxygen atoms in total. The number of allylic oxidation sites excluding steroid dienone is 1. The first-order chi connectivity index (χ1) is 14.4. The molecule has 0 radical (unpaired) electrons. The van der Waals surface area contributed by atoms with E-state index < -0.39 is 0 Å². The molecule has 1 saturated carbocycles. The molecule has 3 fully saturated rings. The summed E-state index contributed by atoms with van der Waals surface area (Å²) in [5, 5.41) is 0. The first-order valence-corrected chi connectivity index (χ1v) is 11.7. The van der Waals surface area contributed by atoms with Gasteiger partial charge >= 0.3 is 5.97 Å². The summed E-state index contributed by atoms with van der Waals surface area (Å²) in [5.41, 5.74) is 6.35. The van der Waals surface area contributed by atoms with E-state index in [1.165, 1.54) is 5.57 Å². The number of carbonyl (C=O) groups is 1. The Labute approximate surface area is 181 Å². The van der Waals surface area contributed by atoms with Crippen LogP contribution >= 0.6 is 0 Å². The number of ether oxygens (including phenoxy) is 4. The van der Waals surface area contributed by atoms with E-state index >= 15 is 0 Å². The molecule has 6 atom stereocenters. The molecular formula is C24H41NO5. The number of methoxy groups -OCH3 is 1. The number of esters is 1. The zero-order valence-corrected chi connectivity index (χ0v) is 19.3. The second kappa shape index (κ2) is 10.1. The third kappa shape index (κ3) is 5.45. The number of carbonyl (C=O) groups excluding carboxylic acids is 1. The highest BCUT2D eigenvalue weighted by molar-refractivity contribution is 5.69. The van der Waals surface area contributed by atoms with Crippen LogP contribution in [0.5, 0.6) is 0 Å². The van der Waals surface area contributed by atoms with Crippen molar-refractivity contribution >= 4 is 5.97 Å². The van der Waals surface area contributed by atoms with Gasteiger partial charge in [-0.25, -0.2) is 0 Å². The quantitative estimate of drug-likeness (QED) is 0.222. The second-order valence-electron chi connectivity index (χ2n) is 9.71. The van der Waals surface area contributed by atoms with Crippen molar-refractivity contribution in [2.75, 3.05) is 20.3 Å². The smallest absolute Gasteiger partial charge is 0.306 e. The fraction of sp³-hybridized carbons (Fsp3) is 0.875. The molecule has 2 aliphatic heterocycles. The topological polar surface area (TPSA) is 86.6 Å². The average molecular weight is 424 g/mol. The maximum absolute atomic E-state index is 12.5. The molecule has 3 aliphatic rings. The summed E-state index contributed by atoms with van der Waals surface area (Å²) in [4.78, 5) is 12.5. The average Bonchev–Trinajstić information content (AvgIpc) is 3.62. The van der Waals surface area contributed by atoms with Crippen LogP contribution < -0.4 is 5.73 Å². The van der Waals surface area contributed by atoms with E-state index in [1.807, 2.05) is 0 Å². The van der Waals surface area contributed by atoms with Gasteiger partial charge in [-0.3, -0.25) is 4.79 Å². The van der Waals surface area contributed by atoms with Crippen molar-refractivity contribution < 1.29 is 23.7 Å². The van der Waals surface area contributed by atoms with Crippen LogP contribution in [0.3, 0.4) is 0 Å². The molecule has 2 saturated heterocycles. The SMILES string of the molecule is COC1C(OC(=O)CCCCCCCN)CC[C@]2(CO2)C1[C@]1(C)O[C@@H]1CC=C(C)C. The van der Waals surface area contributed by atoms with Crippen molar-refractivity contribution in [3.05, 3.63) is 11.6 Å². The molecule has 172 valence electrons. The Morgan fingerprint density at radius 1 is 1.20 bits per heavy atom. The van der Waals surface area contributed by atoms with Crippen molar-refractivity contribution in [2.24, 2.45) is 11.7 Å². The molecular weight excluding hydrogens is 382 g/mol. The van der Waals surface area contributed by atoms with Crippen LogP contribution in [0.4, 0.5) is 0 Å². The van der Waals surface area contributed by atoms with Gasteiger partial charge in [0, 0.05) is 13.5 Å². The Bertz CT molecular complexity index is 613. The van der Waals surface area contributed by atoms with Crippen LogP contribution in [0.2, 0.25) is 0 Å². The third-order valence-corrected chi connectivity index (χ3v) is 7.10. The lowest BCUT2D eigenvalue weighted by Crippen LogP contribution is -2.55. The summed E-state index contributed by atoms with van der Waals surface area (Å²) in [7, 11) is 1.72. The monoisotopic (exact) mass is 423 g/mol. The largest absolute Gasteiger partial charge is 0.460 e. The highest BCUT2D eigenvalue weighted by Gasteiger charge is 2.72. The highest BCUT2D eigenvalue weighted by atomic mass is 16.6. The zero-order chi connectivity index (χ0) is 21.8. The number of rotatable bonds is 12. The van der Waals surface area contributed by atoms with Gasteiger partial charge in [0.1, 0.15) is 23.4 Å². The molecule has 0 bridgehead atoms. The molecule has 2 N–H and O–H groups in total. The molecule has 0 aromatic heterocycles. The molecule has 0 aromatic carbocycles. The Balaban J connectivity index is 1.56. The summed E-state index contributed by atoms with van der Waals surface area (Å²) in [6.07, 6.45) is 10.2. The van der Waals surface area contributed by atoms with Crippen molar-refractivity contribution in [2.45, 2.75) is 108 Å². The first kappa shape index (κ1) is 23.7. The summed E-state index contributed by atoms with van der Waals surface area (Å²) < 4.78 is 24.0. The number of unbranched alkanes of at least 4 members (excludes halogenated alkanes) is 4. The number of epoxide rings is 2. The van der Waals surface area contributed by atoms with Gasteiger partial charge in [0.25, 0.3) is 0 Å². The van der Waals surface area contributed by atoms with Gasteiger partial charge in [0.15, 0.2) is 0 Å². The minimum atomic E-state index is -0.294. The zero-order valence-electron chi connectivity index (χ0n) is 19.3. The van der Waals surface area contributed by atoms with Crippen LogP contribution in [-0.4, -0.2) is 55.7 Å². The molecule has 0 amide bonds. The summed E-state index contributed by atoms with van der Waals surface area (Å²) in [6.45, 7) is 7.87. The van der Waals surface area contributed by atoms with Gasteiger partial charge in [-0.05, 0) is 59.4 Å². The molecule has 0 aromatic rings. The van der Waals surface area contributed by atoms with Crippen LogP contribution in [-0.2, 0) is 23.7 Å². The van der Waals surface area contributed by atoms with E-state index in [9.17, 15) is 4.79 Å². The number of hydrogen-bond donors (Lipinski definition) is 1. The molecule has 30 heavy (non-hydrogen) atoms. The maximum Gasteiger partial charge on any atom is 0.306 e. The molecule has 3 unspecified atom stereocenters. The predicted octanol–water partition coefficient (Wildman–Crippen LogP) is 3.91. The lowest BCUT2D eigenvalue weighted by molar-refractivity contribution is -0.172. The lowest BCUT2D eigenvalue weighted by Gasteiger charge is -2.42. The minimum Gasteiger partial charge on any atom is -0.460 e. The van der Waals surface area contributed by atoms with Crippen molar-refractivity contribution in [3.63, 3.8) is 0 Å². The Morgan fingerprint density at radius 3 is 2.53 bits per heavy atom. The second-order valence-corrected chi connectivity index (χ2v) is 9.71. The van der Waals surface area contributed by atoms with Crippen LogP contribution in [0.15, 0.2) is 11.6 Å². The molecule has 1 spiro atoms. The Morgan fingerprint density at radius 2 is 1.90 bits per heavy atom. The maximum atomic E-state index is 12.5. The lowest BCUT2D eigenvalue weighted by atomic mass is 9.68. The van der Waals surface area contributed by atoms with Gasteiger partial charge in [-0.1, -0.05) is 30.9 Å². The van der Waals surface area contributed by atoms with Crippen molar-refractivity contribution in [1.29, 1.82) is 0 Å². The van der Waals surface area contributed by atoms with E-state index in [0.717, 1.165) is 64.5 Å². The predicted molar refractivity (Wildman–Crippen MR) is 116 cm³/mol. The van der Waals surface area contributed by atoms with E-state index in [1.54, 1.807) is 7.11 Å². The molecule has 6 heteroatoms. The minimum absolute atomic E-state index is 0.0772. The number of hydrogen-bond acceptors (Lipinski definition) is 6. The van der Waals surface area contributed by atoms with Gasteiger partial charge in [-0.15, -0.1) is 0 Å². The fourth-order valence-corrected chi connectivity index (χ4v) is 5.24. The third-order valence-electron chi connectivity index (χ3n) is 7.10. The molecule has 3 rings (SSSR count). The standard InChI is InChI=1S/C24H41NO5/c1-17(2)11-12-19-23(3,30-19)22-21(27-4)18(13-14-24(22)16-28-24)29-20(26)10-8-6-5-7-9-15-25/h11,18-19,21-22H,5-10,12-16,25H2,1-4H3/t18?,19-,21?,22?,23-,24+/m1/s1. The van der Waals surface area contributed by atoms with E-state index in [4.69, 9.17) is 24.7 Å². The summed E-state index contributed by atoms with van der Waals surface area (Å²) >= 11 is 0. The van der Waals surface area contributed by atoms with Crippen molar-refractivity contribution in [3.8, 4) is 0 Å². The van der Waals surface area contributed by atoms with Crippen molar-refractivity contribution in [1.82, 2.24) is 0 Å². The normalized spacial score (nSPS) is 37.1. The van der Waals surface area contributed by atoms with Crippen LogP contribution in [0.25, 0.3) is 0 Å². The Kier molecular flexibility index (Phi) is 7.99.